The van der Waals surface area contributed by atoms with Crippen molar-refractivity contribution >= 4 is 33.5 Å². The van der Waals surface area contributed by atoms with Gasteiger partial charge in [0.25, 0.3) is 0 Å². The van der Waals surface area contributed by atoms with E-state index in [2.05, 4.69) is 44.0 Å². The van der Waals surface area contributed by atoms with E-state index in [0.29, 0.717) is 17.9 Å². The number of fused-ring (bicyclic) bond motifs is 3. The molecule has 35 heavy (non-hydrogen) atoms. The highest BCUT2D eigenvalue weighted by atomic mass is 32.2. The summed E-state index contributed by atoms with van der Waals surface area (Å²) in [5, 5.41) is 12.9. The predicted molar refractivity (Wildman–Crippen MR) is 138 cm³/mol. The van der Waals surface area contributed by atoms with Gasteiger partial charge in [0.1, 0.15) is 5.58 Å². The number of hydrogen-bond donors (Lipinski definition) is 0. The van der Waals surface area contributed by atoms with Gasteiger partial charge in [0.05, 0.1) is 6.54 Å². The Kier molecular flexibility index (Phi) is 5.60. The van der Waals surface area contributed by atoms with E-state index in [1.165, 1.54) is 0 Å². The van der Waals surface area contributed by atoms with Gasteiger partial charge in [0.15, 0.2) is 11.0 Å². The van der Waals surface area contributed by atoms with Gasteiger partial charge in [-0.05, 0) is 40.1 Å². The minimum atomic E-state index is -0.355. The Hall–Kier alpha value is -4.23. The van der Waals surface area contributed by atoms with Gasteiger partial charge in [-0.15, -0.1) is 10.2 Å². The molecule has 6 aromatic rings. The summed E-state index contributed by atoms with van der Waals surface area (Å²) in [6, 6.07) is 27.7. The maximum absolute atomic E-state index is 12.3. The first-order chi connectivity index (χ1) is 17.3. The molecule has 0 atom stereocenters. The third-order valence-corrected chi connectivity index (χ3v) is 6.93. The molecular formula is C28H20N4O2S. The number of thioether (sulfide) groups is 1. The van der Waals surface area contributed by atoms with Crippen molar-refractivity contribution < 1.29 is 4.42 Å². The van der Waals surface area contributed by atoms with Crippen molar-refractivity contribution in [2.24, 2.45) is 0 Å². The lowest BCUT2D eigenvalue weighted by Crippen LogP contribution is -2.05. The van der Waals surface area contributed by atoms with Crippen LogP contribution in [0.25, 0.3) is 33.1 Å². The second kappa shape index (κ2) is 9.19. The summed E-state index contributed by atoms with van der Waals surface area (Å²) >= 11 is 1.56. The van der Waals surface area contributed by atoms with Gasteiger partial charge < -0.3 is 4.42 Å². The molecule has 3 aromatic heterocycles. The Morgan fingerprint density at radius 3 is 2.51 bits per heavy atom. The molecule has 0 spiro atoms. The van der Waals surface area contributed by atoms with Crippen molar-refractivity contribution in [1.82, 2.24) is 19.7 Å². The lowest BCUT2D eigenvalue weighted by molar-refractivity contribution is 0.560. The molecular weight excluding hydrogens is 456 g/mol. The van der Waals surface area contributed by atoms with Crippen molar-refractivity contribution in [3.05, 3.63) is 119 Å². The maximum Gasteiger partial charge on any atom is 0.336 e. The van der Waals surface area contributed by atoms with E-state index in [1.807, 2.05) is 54.6 Å². The zero-order chi connectivity index (χ0) is 23.6. The first-order valence-corrected chi connectivity index (χ1v) is 12.2. The number of pyridine rings is 1. The summed E-state index contributed by atoms with van der Waals surface area (Å²) in [6.45, 7) is 0.633. The van der Waals surface area contributed by atoms with E-state index in [0.717, 1.165) is 43.8 Å². The Morgan fingerprint density at radius 2 is 1.66 bits per heavy atom. The molecule has 0 amide bonds. The first-order valence-electron chi connectivity index (χ1n) is 11.2. The van der Waals surface area contributed by atoms with Gasteiger partial charge in [-0.1, -0.05) is 72.4 Å². The smallest absolute Gasteiger partial charge is 0.336 e. The minimum Gasteiger partial charge on any atom is -0.423 e. The van der Waals surface area contributed by atoms with Gasteiger partial charge in [0, 0.05) is 35.2 Å². The molecule has 0 N–H and O–H groups in total. The molecule has 6 rings (SSSR count). The second-order valence-electron chi connectivity index (χ2n) is 8.15. The molecule has 0 aliphatic heterocycles. The summed E-state index contributed by atoms with van der Waals surface area (Å²) in [4.78, 5) is 16.5. The molecule has 170 valence electrons. The average molecular weight is 477 g/mol. The van der Waals surface area contributed by atoms with Crippen molar-refractivity contribution in [2.75, 3.05) is 0 Å². The summed E-state index contributed by atoms with van der Waals surface area (Å²) in [5.74, 6) is 1.33. The average Bonchev–Trinajstić information content (AvgIpc) is 3.30. The topological polar surface area (TPSA) is 73.8 Å². The Labute approximate surface area is 205 Å². The highest BCUT2D eigenvalue weighted by Gasteiger charge is 2.17. The van der Waals surface area contributed by atoms with E-state index < -0.39 is 0 Å². The molecule has 0 radical (unpaired) electrons. The fraction of sp³-hybridized carbons (Fsp3) is 0.0714. The molecule has 0 aliphatic rings. The molecule has 0 fully saturated rings. The van der Waals surface area contributed by atoms with Crippen LogP contribution in [0.2, 0.25) is 0 Å². The van der Waals surface area contributed by atoms with Crippen LogP contribution in [0.3, 0.4) is 0 Å². The summed E-state index contributed by atoms with van der Waals surface area (Å²) in [7, 11) is 0. The summed E-state index contributed by atoms with van der Waals surface area (Å²) < 4.78 is 7.64. The minimum absolute atomic E-state index is 0.355. The molecule has 3 aromatic carbocycles. The summed E-state index contributed by atoms with van der Waals surface area (Å²) in [5.41, 5.74) is 3.26. The largest absolute Gasteiger partial charge is 0.423 e. The molecule has 0 saturated heterocycles. The Bertz CT molecular complexity index is 1700. The van der Waals surface area contributed by atoms with Crippen LogP contribution in [-0.4, -0.2) is 19.7 Å². The molecule has 0 unspecified atom stereocenters. The van der Waals surface area contributed by atoms with E-state index in [9.17, 15) is 4.79 Å². The second-order valence-corrected chi connectivity index (χ2v) is 9.10. The number of benzene rings is 3. The van der Waals surface area contributed by atoms with Crippen molar-refractivity contribution in [1.29, 1.82) is 0 Å². The van der Waals surface area contributed by atoms with E-state index in [-0.39, 0.29) is 5.63 Å². The van der Waals surface area contributed by atoms with Crippen molar-refractivity contribution in [3.63, 3.8) is 0 Å². The van der Waals surface area contributed by atoms with Crippen LogP contribution in [0.1, 0.15) is 11.1 Å². The molecule has 7 heteroatoms. The maximum atomic E-state index is 12.3. The summed E-state index contributed by atoms with van der Waals surface area (Å²) in [6.07, 6.45) is 3.51. The fourth-order valence-electron chi connectivity index (χ4n) is 4.29. The van der Waals surface area contributed by atoms with Crippen molar-refractivity contribution in [2.45, 2.75) is 17.5 Å². The lowest BCUT2D eigenvalue weighted by Gasteiger charge is -2.11. The highest BCUT2D eigenvalue weighted by molar-refractivity contribution is 7.98. The van der Waals surface area contributed by atoms with Crippen LogP contribution in [0.15, 0.2) is 112 Å². The molecule has 0 aliphatic carbocycles. The third-order valence-electron chi connectivity index (χ3n) is 5.91. The SMILES string of the molecule is O=c1cc(CSc2nnc(-c3ccncc3)n2Cc2ccccc2)c2c(ccc3ccccc32)o1. The van der Waals surface area contributed by atoms with E-state index >= 15 is 0 Å². The molecule has 3 heterocycles. The van der Waals surface area contributed by atoms with Crippen LogP contribution in [0.5, 0.6) is 0 Å². The number of rotatable bonds is 6. The van der Waals surface area contributed by atoms with Crippen LogP contribution in [0, 0.1) is 0 Å². The van der Waals surface area contributed by atoms with Gasteiger partial charge in [-0.25, -0.2) is 4.79 Å². The van der Waals surface area contributed by atoms with Crippen LogP contribution in [-0.2, 0) is 12.3 Å². The van der Waals surface area contributed by atoms with E-state index in [4.69, 9.17) is 4.42 Å². The molecule has 0 bridgehead atoms. The predicted octanol–water partition coefficient (Wildman–Crippen LogP) is 5.94. The third kappa shape index (κ3) is 4.22. The van der Waals surface area contributed by atoms with Gasteiger partial charge >= 0.3 is 5.63 Å². The zero-order valence-electron chi connectivity index (χ0n) is 18.7. The zero-order valence-corrected chi connectivity index (χ0v) is 19.5. The number of hydrogen-bond acceptors (Lipinski definition) is 6. The standard InChI is InChI=1S/C28H20N4O2S/c33-25-16-22(26-23-9-5-4-8-20(23)10-11-24(26)34-25)18-35-28-31-30-27(21-12-14-29-15-13-21)32(28)17-19-6-2-1-3-7-19/h1-16H,17-18H2. The van der Waals surface area contributed by atoms with E-state index in [1.54, 1.807) is 30.2 Å². The lowest BCUT2D eigenvalue weighted by atomic mass is 10.0. The Balaban J connectivity index is 1.42. The molecule has 6 nitrogen and oxygen atoms in total. The quantitative estimate of drug-likeness (QED) is 0.168. The van der Waals surface area contributed by atoms with Gasteiger partial charge in [0.2, 0.25) is 0 Å². The van der Waals surface area contributed by atoms with Crippen LogP contribution in [0.4, 0.5) is 0 Å². The Morgan fingerprint density at radius 1 is 0.857 bits per heavy atom. The normalized spacial score (nSPS) is 11.3. The van der Waals surface area contributed by atoms with Gasteiger partial charge in [-0.3, -0.25) is 9.55 Å². The monoisotopic (exact) mass is 476 g/mol. The van der Waals surface area contributed by atoms with Crippen LogP contribution >= 0.6 is 11.8 Å². The van der Waals surface area contributed by atoms with Crippen molar-refractivity contribution in [3.8, 4) is 11.4 Å². The van der Waals surface area contributed by atoms with Crippen LogP contribution < -0.4 is 5.63 Å². The fourth-order valence-corrected chi connectivity index (χ4v) is 5.21. The highest BCUT2D eigenvalue weighted by Crippen LogP contribution is 2.32. The first kappa shape index (κ1) is 21.3. The number of nitrogens with zero attached hydrogens (tertiary/aromatic N) is 4. The van der Waals surface area contributed by atoms with Gasteiger partial charge in [-0.2, -0.15) is 0 Å². The molecule has 0 saturated carbocycles. The number of aromatic nitrogens is 4.